The molecule has 8 heteroatoms. The molecule has 41 heavy (non-hydrogen) atoms. The molecule has 7 nitrogen and oxygen atoms in total. The molecule has 0 unspecified atom stereocenters. The maximum atomic E-state index is 13.5. The first-order valence-corrected chi connectivity index (χ1v) is 13.4. The van der Waals surface area contributed by atoms with Crippen molar-refractivity contribution in [2.45, 2.75) is 24.3 Å². The molecule has 0 aromatic heterocycles. The van der Waals surface area contributed by atoms with E-state index in [0.717, 1.165) is 0 Å². The number of carbonyl (C=O) groups is 1. The van der Waals surface area contributed by atoms with Crippen LogP contribution in [0.4, 0.5) is 0 Å². The number of rotatable bonds is 9. The molecule has 0 saturated carbocycles. The van der Waals surface area contributed by atoms with E-state index in [4.69, 9.17) is 25.8 Å². The normalized spacial score (nSPS) is 18.7. The molecule has 0 amide bonds. The predicted molar refractivity (Wildman–Crippen MR) is 158 cm³/mol. The van der Waals surface area contributed by atoms with Gasteiger partial charge in [-0.2, -0.15) is 0 Å². The average molecular weight is 570 g/mol. The first kappa shape index (κ1) is 27.9. The molecule has 0 bridgehead atoms. The number of hydrogen-bond acceptors (Lipinski definition) is 6. The maximum absolute atomic E-state index is 13.5. The Morgan fingerprint density at radius 1 is 0.976 bits per heavy atom. The summed E-state index contributed by atoms with van der Waals surface area (Å²) in [4.78, 5) is 26.5. The van der Waals surface area contributed by atoms with Crippen LogP contribution in [0.1, 0.15) is 45.8 Å². The second kappa shape index (κ2) is 11.9. The summed E-state index contributed by atoms with van der Waals surface area (Å²) < 4.78 is 17.7. The van der Waals surface area contributed by atoms with Crippen molar-refractivity contribution >= 4 is 23.5 Å². The Morgan fingerprint density at radius 2 is 1.68 bits per heavy atom. The van der Waals surface area contributed by atoms with Gasteiger partial charge in [0.15, 0.2) is 11.5 Å². The Morgan fingerprint density at radius 3 is 2.32 bits per heavy atom. The monoisotopic (exact) mass is 569 g/mol. The fourth-order valence-corrected chi connectivity index (χ4v) is 5.63. The molecule has 1 aliphatic heterocycles. The van der Waals surface area contributed by atoms with Crippen LogP contribution in [0.25, 0.3) is 6.08 Å². The molecular weight excluding hydrogens is 542 g/mol. The highest BCUT2D eigenvalue weighted by Gasteiger charge is 2.60. The van der Waals surface area contributed by atoms with E-state index in [1.807, 2.05) is 36.4 Å². The van der Waals surface area contributed by atoms with Gasteiger partial charge in [-0.1, -0.05) is 84.4 Å². The lowest BCUT2D eigenvalue weighted by Gasteiger charge is -2.40. The number of ketones is 1. The van der Waals surface area contributed by atoms with E-state index in [9.17, 15) is 14.9 Å². The third-order valence-corrected chi connectivity index (χ3v) is 7.62. The van der Waals surface area contributed by atoms with Gasteiger partial charge in [0.1, 0.15) is 17.2 Å². The quantitative estimate of drug-likeness (QED) is 0.117. The Balaban J connectivity index is 1.79. The molecule has 0 radical (unpaired) electrons. The van der Waals surface area contributed by atoms with Crippen molar-refractivity contribution in [2.24, 2.45) is 0 Å². The molecule has 0 fully saturated rings. The van der Waals surface area contributed by atoms with Crippen molar-refractivity contribution in [3.63, 3.8) is 0 Å². The summed E-state index contributed by atoms with van der Waals surface area (Å²) in [7, 11) is 3.02. The number of fused-ring (bicyclic) bond motifs is 1. The Labute approximate surface area is 243 Å². The lowest BCUT2D eigenvalue weighted by molar-refractivity contribution is -0.567. The summed E-state index contributed by atoms with van der Waals surface area (Å²) in [5.74, 6) is 0.172. The molecule has 208 valence electrons. The van der Waals surface area contributed by atoms with Gasteiger partial charge in [0.05, 0.1) is 25.7 Å². The second-order valence-corrected chi connectivity index (χ2v) is 10.2. The number of halogens is 1. The van der Waals surface area contributed by atoms with E-state index >= 15 is 0 Å². The molecule has 2 atom stereocenters. The SMILES string of the molecule is COc1cc(OC)c2c(c1)O/C(=C\c1ccccc1)[C@](CCC(=O)c1ccccc1)([N+](=O)[O-])[C@@H]2c1cccc(Cl)c1. The van der Waals surface area contributed by atoms with Crippen LogP contribution in [0.2, 0.25) is 5.02 Å². The number of Topliss-reactive ketones (excluding diaryl/α,β-unsaturated/α-hetero) is 1. The van der Waals surface area contributed by atoms with Crippen LogP contribution in [-0.4, -0.2) is 30.5 Å². The van der Waals surface area contributed by atoms with Crippen molar-refractivity contribution in [3.05, 3.63) is 140 Å². The summed E-state index contributed by atoms with van der Waals surface area (Å²) in [6.07, 6.45) is 1.44. The van der Waals surface area contributed by atoms with Crippen molar-refractivity contribution < 1.29 is 23.9 Å². The number of hydrogen-bond donors (Lipinski definition) is 0. The zero-order chi connectivity index (χ0) is 29.0. The number of nitrogens with zero attached hydrogens (tertiary/aromatic N) is 1. The molecule has 1 heterocycles. The summed E-state index contributed by atoms with van der Waals surface area (Å²) in [5.41, 5.74) is 0.377. The van der Waals surface area contributed by atoms with Crippen LogP contribution in [0.15, 0.2) is 103 Å². The van der Waals surface area contributed by atoms with E-state index in [2.05, 4.69) is 0 Å². The van der Waals surface area contributed by atoms with Gasteiger partial charge in [0.25, 0.3) is 5.54 Å². The fraction of sp³-hybridized carbons (Fsp3) is 0.182. The van der Waals surface area contributed by atoms with Crippen LogP contribution < -0.4 is 14.2 Å². The molecule has 0 N–H and O–H groups in total. The summed E-state index contributed by atoms with van der Waals surface area (Å²) >= 11 is 6.44. The second-order valence-electron chi connectivity index (χ2n) is 9.72. The zero-order valence-electron chi connectivity index (χ0n) is 22.6. The number of ether oxygens (including phenoxy) is 3. The average Bonchev–Trinajstić information content (AvgIpc) is 2.99. The van der Waals surface area contributed by atoms with Crippen molar-refractivity contribution in [1.82, 2.24) is 0 Å². The van der Waals surface area contributed by atoms with E-state index < -0.39 is 11.5 Å². The van der Waals surface area contributed by atoms with Crippen molar-refractivity contribution in [1.29, 1.82) is 0 Å². The highest BCUT2D eigenvalue weighted by Crippen LogP contribution is 2.56. The maximum Gasteiger partial charge on any atom is 0.290 e. The molecule has 4 aromatic rings. The van der Waals surface area contributed by atoms with Gasteiger partial charge < -0.3 is 14.2 Å². The molecule has 0 spiro atoms. The van der Waals surface area contributed by atoms with E-state index in [0.29, 0.717) is 44.5 Å². The number of carbonyl (C=O) groups excluding carboxylic acids is 1. The lowest BCUT2D eigenvalue weighted by atomic mass is 9.69. The van der Waals surface area contributed by atoms with Gasteiger partial charge in [-0.05, 0) is 29.3 Å². The van der Waals surface area contributed by atoms with Crippen LogP contribution in [0.5, 0.6) is 17.2 Å². The highest BCUT2D eigenvalue weighted by molar-refractivity contribution is 6.30. The largest absolute Gasteiger partial charge is 0.496 e. The van der Waals surface area contributed by atoms with Crippen LogP contribution >= 0.6 is 11.6 Å². The van der Waals surface area contributed by atoms with Crippen molar-refractivity contribution in [3.8, 4) is 17.2 Å². The lowest BCUT2D eigenvalue weighted by Crippen LogP contribution is -2.51. The summed E-state index contributed by atoms with van der Waals surface area (Å²) in [5, 5.41) is 13.9. The summed E-state index contributed by atoms with van der Waals surface area (Å²) in [6.45, 7) is 0. The molecule has 1 aliphatic rings. The number of nitro groups is 1. The number of benzene rings is 4. The third kappa shape index (κ3) is 5.41. The van der Waals surface area contributed by atoms with Gasteiger partial charge >= 0.3 is 0 Å². The van der Waals surface area contributed by atoms with Gasteiger partial charge in [-0.15, -0.1) is 0 Å². The standard InChI is InChI=1S/C33H28ClNO6/c1-39-26-20-28(40-2)31-29(21-26)41-30(18-22-10-5-3-6-11-22)33(35(37)38,32(31)24-14-9-15-25(34)19-24)17-16-27(36)23-12-7-4-8-13-23/h3-15,18-21,32H,16-17H2,1-2H3/b30-18-/t32-,33+/m1/s1. The smallest absolute Gasteiger partial charge is 0.290 e. The van der Waals surface area contributed by atoms with E-state index in [1.165, 1.54) is 14.2 Å². The number of methoxy groups -OCH3 is 2. The van der Waals surface area contributed by atoms with Gasteiger partial charge in [-0.3, -0.25) is 14.9 Å². The van der Waals surface area contributed by atoms with Crippen molar-refractivity contribution in [2.75, 3.05) is 14.2 Å². The van der Waals surface area contributed by atoms with E-state index in [1.54, 1.807) is 66.7 Å². The van der Waals surface area contributed by atoms with Crippen LogP contribution in [0, 0.1) is 10.1 Å². The van der Waals surface area contributed by atoms with Gasteiger partial charge in [-0.25, -0.2) is 0 Å². The highest BCUT2D eigenvalue weighted by atomic mass is 35.5. The minimum atomic E-state index is -1.89. The minimum absolute atomic E-state index is 0.0919. The van der Waals surface area contributed by atoms with Gasteiger partial charge in [0.2, 0.25) is 0 Å². The first-order chi connectivity index (χ1) is 19.9. The third-order valence-electron chi connectivity index (χ3n) is 7.38. The van der Waals surface area contributed by atoms with Crippen LogP contribution in [0.3, 0.4) is 0 Å². The van der Waals surface area contributed by atoms with E-state index in [-0.39, 0.29) is 29.3 Å². The molecule has 0 saturated heterocycles. The fourth-order valence-electron chi connectivity index (χ4n) is 5.43. The molecular formula is C33H28ClNO6. The molecule has 0 aliphatic carbocycles. The van der Waals surface area contributed by atoms with Gasteiger partial charge in [0, 0.05) is 40.5 Å². The predicted octanol–water partition coefficient (Wildman–Crippen LogP) is 7.60. The Bertz CT molecular complexity index is 1610. The first-order valence-electron chi connectivity index (χ1n) is 13.1. The van der Waals surface area contributed by atoms with Crippen LogP contribution in [-0.2, 0) is 0 Å². The molecule has 5 rings (SSSR count). The Kier molecular flexibility index (Phi) is 8.08. The summed E-state index contributed by atoms with van der Waals surface area (Å²) in [6, 6.07) is 28.3. The Hall–Kier alpha value is -4.62. The molecule has 4 aromatic carbocycles. The minimum Gasteiger partial charge on any atom is -0.496 e. The zero-order valence-corrected chi connectivity index (χ0v) is 23.3. The topological polar surface area (TPSA) is 87.9 Å².